The molecule has 2 unspecified atom stereocenters. The van der Waals surface area contributed by atoms with Crippen LogP contribution in [0.4, 0.5) is 5.69 Å². The summed E-state index contributed by atoms with van der Waals surface area (Å²) in [5.41, 5.74) is 2.99. The van der Waals surface area contributed by atoms with Crippen LogP contribution in [0.3, 0.4) is 0 Å². The number of rotatable bonds is 5. The predicted octanol–water partition coefficient (Wildman–Crippen LogP) is 3.92. The molecule has 144 valence electrons. The van der Waals surface area contributed by atoms with E-state index in [-0.39, 0.29) is 23.6 Å². The van der Waals surface area contributed by atoms with Crippen molar-refractivity contribution >= 4 is 11.6 Å². The van der Waals surface area contributed by atoms with Crippen molar-refractivity contribution in [2.24, 2.45) is 0 Å². The highest BCUT2D eigenvalue weighted by Crippen LogP contribution is 2.36. The van der Waals surface area contributed by atoms with Crippen molar-refractivity contribution in [3.8, 4) is 0 Å². The Morgan fingerprint density at radius 3 is 2.07 bits per heavy atom. The molecule has 6 nitrogen and oxygen atoms in total. The molecule has 1 aliphatic heterocycles. The molecule has 2 aromatic rings. The van der Waals surface area contributed by atoms with Gasteiger partial charge in [0.2, 0.25) is 5.91 Å². The van der Waals surface area contributed by atoms with Crippen LogP contribution in [0.5, 0.6) is 0 Å². The Morgan fingerprint density at radius 2 is 1.59 bits per heavy atom. The first-order valence-corrected chi connectivity index (χ1v) is 9.37. The number of carbonyl (C=O) groups excluding carboxylic acids is 1. The molecule has 0 fully saturated rings. The van der Waals surface area contributed by atoms with E-state index in [4.69, 9.17) is 0 Å². The Kier molecular flexibility index (Phi) is 7.49. The van der Waals surface area contributed by atoms with Crippen LogP contribution in [0.1, 0.15) is 55.8 Å². The summed E-state index contributed by atoms with van der Waals surface area (Å²) in [6, 6.07) is 14.0. The van der Waals surface area contributed by atoms with Gasteiger partial charge in [-0.2, -0.15) is 0 Å². The van der Waals surface area contributed by atoms with E-state index >= 15 is 0 Å². The van der Waals surface area contributed by atoms with E-state index in [1.54, 1.807) is 12.1 Å². The number of fused-ring (bicyclic) bond motifs is 1. The van der Waals surface area contributed by atoms with Gasteiger partial charge in [-0.3, -0.25) is 14.9 Å². The standard InChI is InChI=1S/C17H16N2O3.C4H11N/c1-2-13-14-5-3-4-6-15(14)16(18-17(13)20)11-7-9-12(10-8-11)19(21)22;1-3-5-4-2/h3-10,13,16H,2H2,1H3,(H,18,20);5H,3-4H2,1-2H3. The van der Waals surface area contributed by atoms with Gasteiger partial charge in [-0.1, -0.05) is 45.0 Å². The van der Waals surface area contributed by atoms with Crippen LogP contribution < -0.4 is 10.6 Å². The van der Waals surface area contributed by atoms with Crippen LogP contribution in [0.2, 0.25) is 0 Å². The van der Waals surface area contributed by atoms with Gasteiger partial charge in [-0.15, -0.1) is 0 Å². The molecular formula is C21H27N3O3. The average molecular weight is 369 g/mol. The summed E-state index contributed by atoms with van der Waals surface area (Å²) in [6.45, 7) is 8.38. The Bertz CT molecular complexity index is 772. The minimum absolute atomic E-state index is 0.00422. The quantitative estimate of drug-likeness (QED) is 0.618. The van der Waals surface area contributed by atoms with Crippen molar-refractivity contribution < 1.29 is 9.72 Å². The maximum absolute atomic E-state index is 12.3. The van der Waals surface area contributed by atoms with Crippen LogP contribution >= 0.6 is 0 Å². The van der Waals surface area contributed by atoms with Gasteiger partial charge in [-0.25, -0.2) is 0 Å². The van der Waals surface area contributed by atoms with E-state index in [1.807, 2.05) is 31.2 Å². The molecule has 1 amide bonds. The summed E-state index contributed by atoms with van der Waals surface area (Å²) in [5.74, 6) is -0.130. The molecule has 0 aliphatic carbocycles. The average Bonchev–Trinajstić information content (AvgIpc) is 2.68. The number of amides is 1. The third kappa shape index (κ3) is 4.92. The van der Waals surface area contributed by atoms with Crippen LogP contribution in [0.25, 0.3) is 0 Å². The summed E-state index contributed by atoms with van der Waals surface area (Å²) in [4.78, 5) is 22.7. The van der Waals surface area contributed by atoms with Crippen LogP contribution in [-0.4, -0.2) is 23.9 Å². The molecular weight excluding hydrogens is 342 g/mol. The molecule has 0 spiro atoms. The van der Waals surface area contributed by atoms with E-state index < -0.39 is 4.92 Å². The van der Waals surface area contributed by atoms with Gasteiger partial charge in [0, 0.05) is 12.1 Å². The number of hydrogen-bond acceptors (Lipinski definition) is 4. The molecule has 0 bridgehead atoms. The zero-order valence-corrected chi connectivity index (χ0v) is 16.1. The number of carbonyl (C=O) groups is 1. The predicted molar refractivity (Wildman–Crippen MR) is 107 cm³/mol. The third-order valence-corrected chi connectivity index (χ3v) is 4.63. The zero-order valence-electron chi connectivity index (χ0n) is 16.1. The van der Waals surface area contributed by atoms with E-state index in [9.17, 15) is 14.9 Å². The lowest BCUT2D eigenvalue weighted by atomic mass is 9.82. The molecule has 2 atom stereocenters. The summed E-state index contributed by atoms with van der Waals surface area (Å²) < 4.78 is 0. The largest absolute Gasteiger partial charge is 0.345 e. The third-order valence-electron chi connectivity index (χ3n) is 4.63. The summed E-state index contributed by atoms with van der Waals surface area (Å²) in [5, 5.41) is 16.9. The number of benzene rings is 2. The molecule has 6 heteroatoms. The maximum atomic E-state index is 12.3. The van der Waals surface area contributed by atoms with E-state index in [0.717, 1.165) is 36.2 Å². The smallest absolute Gasteiger partial charge is 0.269 e. The summed E-state index contributed by atoms with van der Waals surface area (Å²) in [7, 11) is 0. The number of non-ortho nitro benzene ring substituents is 1. The molecule has 1 heterocycles. The van der Waals surface area contributed by atoms with Crippen LogP contribution in [0.15, 0.2) is 48.5 Å². The second kappa shape index (κ2) is 9.83. The molecule has 2 aromatic carbocycles. The second-order valence-electron chi connectivity index (χ2n) is 6.34. The first-order valence-electron chi connectivity index (χ1n) is 9.37. The highest BCUT2D eigenvalue weighted by molar-refractivity contribution is 5.87. The van der Waals surface area contributed by atoms with Crippen LogP contribution in [0, 0.1) is 10.1 Å². The fraction of sp³-hybridized carbons (Fsp3) is 0.381. The molecule has 0 aromatic heterocycles. The van der Waals surface area contributed by atoms with Gasteiger partial charge in [0.15, 0.2) is 0 Å². The lowest BCUT2D eigenvalue weighted by Crippen LogP contribution is -2.38. The zero-order chi connectivity index (χ0) is 19.8. The molecule has 0 saturated carbocycles. The molecule has 3 rings (SSSR count). The lowest BCUT2D eigenvalue weighted by Gasteiger charge is -2.31. The number of nitrogens with one attached hydrogen (secondary N) is 2. The monoisotopic (exact) mass is 369 g/mol. The van der Waals surface area contributed by atoms with E-state index in [2.05, 4.69) is 24.5 Å². The fourth-order valence-electron chi connectivity index (χ4n) is 3.26. The van der Waals surface area contributed by atoms with Crippen molar-refractivity contribution in [3.05, 3.63) is 75.3 Å². The molecule has 1 aliphatic rings. The first-order chi connectivity index (χ1) is 13.0. The SMILES string of the molecule is CCC1C(=O)NC(c2ccc([N+](=O)[O-])cc2)c2ccccc21.CCNCC. The number of hydrogen-bond donors (Lipinski definition) is 2. The van der Waals surface area contributed by atoms with E-state index in [0.29, 0.717) is 0 Å². The minimum atomic E-state index is -0.426. The van der Waals surface area contributed by atoms with Gasteiger partial charge >= 0.3 is 0 Å². The van der Waals surface area contributed by atoms with Gasteiger partial charge in [0.1, 0.15) is 0 Å². The lowest BCUT2D eigenvalue weighted by molar-refractivity contribution is -0.384. The highest BCUT2D eigenvalue weighted by Gasteiger charge is 2.32. The van der Waals surface area contributed by atoms with E-state index in [1.165, 1.54) is 12.1 Å². The topological polar surface area (TPSA) is 84.3 Å². The number of nitro groups is 1. The summed E-state index contributed by atoms with van der Waals surface area (Å²) >= 11 is 0. The van der Waals surface area contributed by atoms with Crippen molar-refractivity contribution in [1.29, 1.82) is 0 Å². The van der Waals surface area contributed by atoms with Crippen molar-refractivity contribution in [2.45, 2.75) is 39.2 Å². The molecule has 0 saturated heterocycles. The minimum Gasteiger partial charge on any atom is -0.345 e. The second-order valence-corrected chi connectivity index (χ2v) is 6.34. The Hall–Kier alpha value is -2.73. The first kappa shape index (κ1) is 20.6. The summed E-state index contributed by atoms with van der Waals surface area (Å²) in [6.07, 6.45) is 0.746. The van der Waals surface area contributed by atoms with Crippen molar-refractivity contribution in [3.63, 3.8) is 0 Å². The van der Waals surface area contributed by atoms with Gasteiger partial charge in [0.25, 0.3) is 5.69 Å². The molecule has 27 heavy (non-hydrogen) atoms. The number of nitrogens with zero attached hydrogens (tertiary/aromatic N) is 1. The Morgan fingerprint density at radius 1 is 1.00 bits per heavy atom. The molecule has 2 N–H and O–H groups in total. The Balaban J connectivity index is 0.000000465. The molecule has 0 radical (unpaired) electrons. The fourth-order valence-corrected chi connectivity index (χ4v) is 3.26. The number of nitro benzene ring substituents is 1. The highest BCUT2D eigenvalue weighted by atomic mass is 16.6. The van der Waals surface area contributed by atoms with Gasteiger partial charge < -0.3 is 10.6 Å². The normalized spacial score (nSPS) is 18.0. The Labute approximate surface area is 160 Å². The van der Waals surface area contributed by atoms with Gasteiger partial charge in [0.05, 0.1) is 16.9 Å². The van der Waals surface area contributed by atoms with Crippen molar-refractivity contribution in [1.82, 2.24) is 10.6 Å². The maximum Gasteiger partial charge on any atom is 0.269 e. The van der Waals surface area contributed by atoms with Gasteiger partial charge in [-0.05, 0) is 48.3 Å². The van der Waals surface area contributed by atoms with Crippen LogP contribution in [-0.2, 0) is 4.79 Å². The van der Waals surface area contributed by atoms with Crippen molar-refractivity contribution in [2.75, 3.05) is 13.1 Å².